The van der Waals surface area contributed by atoms with Gasteiger partial charge in [0.15, 0.2) is 0 Å². The van der Waals surface area contributed by atoms with Crippen LogP contribution < -0.4 is 0 Å². The maximum atomic E-state index is 11.5. The van der Waals surface area contributed by atoms with E-state index in [9.17, 15) is 23.1 Å². The third-order valence-corrected chi connectivity index (χ3v) is 4.91. The SMILES string of the molecule is Cc1ccc(CN2Cc3ncn(C)c3C(C(=O)O)C2)s1.O=C(O)C(F)(F)F. The van der Waals surface area contributed by atoms with E-state index >= 15 is 0 Å². The van der Waals surface area contributed by atoms with Crippen molar-refractivity contribution in [1.82, 2.24) is 14.5 Å². The molecule has 0 radical (unpaired) electrons. The maximum absolute atomic E-state index is 11.5. The molecule has 2 aromatic rings. The van der Waals surface area contributed by atoms with E-state index in [2.05, 4.69) is 28.9 Å². The van der Waals surface area contributed by atoms with E-state index in [1.165, 1.54) is 9.75 Å². The van der Waals surface area contributed by atoms with Gasteiger partial charge >= 0.3 is 18.1 Å². The number of aromatic nitrogens is 2. The smallest absolute Gasteiger partial charge is 0.481 e. The van der Waals surface area contributed by atoms with Gasteiger partial charge in [-0.15, -0.1) is 11.3 Å². The molecule has 27 heavy (non-hydrogen) atoms. The molecule has 2 aromatic heterocycles. The number of hydrogen-bond donors (Lipinski definition) is 2. The summed E-state index contributed by atoms with van der Waals surface area (Å²) in [6, 6.07) is 4.22. The molecule has 1 aliphatic heterocycles. The molecule has 0 aromatic carbocycles. The van der Waals surface area contributed by atoms with Gasteiger partial charge in [0.1, 0.15) is 5.92 Å². The number of hydrogen-bond acceptors (Lipinski definition) is 5. The first-order valence-corrected chi connectivity index (χ1v) is 8.61. The number of thiophene rings is 1. The predicted molar refractivity (Wildman–Crippen MR) is 90.4 cm³/mol. The Labute approximate surface area is 156 Å². The van der Waals surface area contributed by atoms with E-state index in [-0.39, 0.29) is 0 Å². The minimum absolute atomic E-state index is 0.493. The lowest BCUT2D eigenvalue weighted by molar-refractivity contribution is -0.192. The van der Waals surface area contributed by atoms with Crippen LogP contribution >= 0.6 is 11.3 Å². The second kappa shape index (κ2) is 8.09. The van der Waals surface area contributed by atoms with Crippen molar-refractivity contribution in [3.8, 4) is 0 Å². The predicted octanol–water partition coefficient (Wildman–Crippen LogP) is 2.61. The van der Waals surface area contributed by atoms with Crippen molar-refractivity contribution in [2.24, 2.45) is 7.05 Å². The highest BCUT2D eigenvalue weighted by molar-refractivity contribution is 7.11. The van der Waals surface area contributed by atoms with Gasteiger partial charge in [0, 0.05) is 36.4 Å². The zero-order valence-electron chi connectivity index (χ0n) is 14.5. The largest absolute Gasteiger partial charge is 0.490 e. The molecule has 11 heteroatoms. The van der Waals surface area contributed by atoms with Crippen molar-refractivity contribution in [3.05, 3.63) is 39.6 Å². The topological polar surface area (TPSA) is 95.7 Å². The minimum Gasteiger partial charge on any atom is -0.481 e. The maximum Gasteiger partial charge on any atom is 0.490 e. The number of aliphatic carboxylic acids is 2. The lowest BCUT2D eigenvalue weighted by atomic mass is 9.98. The Morgan fingerprint density at radius 3 is 2.44 bits per heavy atom. The van der Waals surface area contributed by atoms with E-state index in [1.807, 2.05) is 11.6 Å². The van der Waals surface area contributed by atoms with Crippen LogP contribution in [0.3, 0.4) is 0 Å². The van der Waals surface area contributed by atoms with Gasteiger partial charge in [-0.2, -0.15) is 13.2 Å². The summed E-state index contributed by atoms with van der Waals surface area (Å²) in [4.78, 5) is 29.5. The zero-order chi connectivity index (χ0) is 20.4. The first-order chi connectivity index (χ1) is 12.5. The van der Waals surface area contributed by atoms with Crippen LogP contribution in [0.25, 0.3) is 0 Å². The molecule has 1 atom stereocenters. The molecular formula is C16H18F3N3O4S. The van der Waals surface area contributed by atoms with Crippen LogP contribution in [0.2, 0.25) is 0 Å². The first-order valence-electron chi connectivity index (χ1n) is 7.79. The summed E-state index contributed by atoms with van der Waals surface area (Å²) in [5, 5.41) is 16.6. The average Bonchev–Trinajstić information content (AvgIpc) is 3.12. The fourth-order valence-corrected chi connectivity index (χ4v) is 3.72. The molecular weight excluding hydrogens is 387 g/mol. The van der Waals surface area contributed by atoms with E-state index in [0.717, 1.165) is 24.5 Å². The summed E-state index contributed by atoms with van der Waals surface area (Å²) in [7, 11) is 1.86. The van der Waals surface area contributed by atoms with E-state index in [0.29, 0.717) is 6.54 Å². The quantitative estimate of drug-likeness (QED) is 0.815. The Bertz CT molecular complexity index is 831. The molecule has 0 bridgehead atoms. The summed E-state index contributed by atoms with van der Waals surface area (Å²) in [5.74, 6) is -4.03. The van der Waals surface area contributed by atoms with Crippen LogP contribution in [0.5, 0.6) is 0 Å². The molecule has 7 nitrogen and oxygen atoms in total. The average molecular weight is 405 g/mol. The Morgan fingerprint density at radius 2 is 1.96 bits per heavy atom. The number of fused-ring (bicyclic) bond motifs is 1. The molecule has 148 valence electrons. The van der Waals surface area contributed by atoms with Crippen LogP contribution in [-0.4, -0.2) is 49.3 Å². The molecule has 0 saturated heterocycles. The summed E-state index contributed by atoms with van der Waals surface area (Å²) in [6.45, 7) is 4.13. The Morgan fingerprint density at radius 1 is 1.33 bits per heavy atom. The first kappa shape index (κ1) is 20.9. The molecule has 3 heterocycles. The van der Waals surface area contributed by atoms with Crippen LogP contribution in [0.1, 0.15) is 27.1 Å². The number of carboxylic acids is 2. The highest BCUT2D eigenvalue weighted by atomic mass is 32.1. The number of rotatable bonds is 3. The lowest BCUT2D eigenvalue weighted by Gasteiger charge is -2.30. The van der Waals surface area contributed by atoms with Gasteiger partial charge in [0.25, 0.3) is 0 Å². The van der Waals surface area contributed by atoms with E-state index < -0.39 is 24.0 Å². The summed E-state index contributed by atoms with van der Waals surface area (Å²) in [5.41, 5.74) is 1.73. The Kier molecular flexibility index (Phi) is 6.26. The van der Waals surface area contributed by atoms with Gasteiger partial charge < -0.3 is 14.8 Å². The molecule has 3 rings (SSSR count). The van der Waals surface area contributed by atoms with Crippen molar-refractivity contribution in [3.63, 3.8) is 0 Å². The highest BCUT2D eigenvalue weighted by Crippen LogP contribution is 2.29. The number of carbonyl (C=O) groups is 2. The third kappa shape index (κ3) is 5.30. The van der Waals surface area contributed by atoms with Gasteiger partial charge in [-0.25, -0.2) is 9.78 Å². The standard InChI is InChI=1S/C14H17N3O2S.C2HF3O2/c1-9-3-4-10(20-9)5-17-6-11(14(18)19)13-12(7-17)15-8-16(13)2;3-2(4,5)1(6)7/h3-4,8,11H,5-7H2,1-2H3,(H,18,19);(H,6,7). The fraction of sp³-hybridized carbons (Fsp3) is 0.438. The summed E-state index contributed by atoms with van der Waals surface area (Å²) < 4.78 is 33.6. The number of nitrogens with zero attached hydrogens (tertiary/aromatic N) is 3. The van der Waals surface area contributed by atoms with Gasteiger partial charge in [0.2, 0.25) is 0 Å². The van der Waals surface area contributed by atoms with Crippen molar-refractivity contribution < 1.29 is 33.0 Å². The summed E-state index contributed by atoms with van der Waals surface area (Å²) >= 11 is 1.76. The summed E-state index contributed by atoms with van der Waals surface area (Å²) in [6.07, 6.45) is -3.38. The van der Waals surface area contributed by atoms with Crippen LogP contribution in [0.4, 0.5) is 13.2 Å². The van der Waals surface area contributed by atoms with Crippen molar-refractivity contribution in [2.45, 2.75) is 32.1 Å². The highest BCUT2D eigenvalue weighted by Gasteiger charge is 2.38. The third-order valence-electron chi connectivity index (χ3n) is 3.92. The van der Waals surface area contributed by atoms with Crippen molar-refractivity contribution in [1.29, 1.82) is 0 Å². The molecule has 0 fully saturated rings. The molecule has 0 saturated carbocycles. The molecule has 0 spiro atoms. The van der Waals surface area contributed by atoms with Crippen molar-refractivity contribution in [2.75, 3.05) is 6.54 Å². The minimum atomic E-state index is -5.08. The van der Waals surface area contributed by atoms with E-state index in [1.54, 1.807) is 17.7 Å². The fourth-order valence-electron chi connectivity index (χ4n) is 2.78. The number of imidazole rings is 1. The Balaban J connectivity index is 0.000000321. The van der Waals surface area contributed by atoms with Gasteiger partial charge in [-0.05, 0) is 19.1 Å². The van der Waals surface area contributed by atoms with Crippen LogP contribution in [0.15, 0.2) is 18.5 Å². The van der Waals surface area contributed by atoms with Gasteiger partial charge in [0.05, 0.1) is 17.7 Å². The normalized spacial score (nSPS) is 17.0. The lowest BCUT2D eigenvalue weighted by Crippen LogP contribution is -2.37. The van der Waals surface area contributed by atoms with Crippen LogP contribution in [0, 0.1) is 6.92 Å². The second-order valence-corrected chi connectivity index (χ2v) is 7.44. The Hall–Kier alpha value is -2.40. The van der Waals surface area contributed by atoms with Crippen molar-refractivity contribution >= 4 is 23.3 Å². The number of alkyl halides is 3. The zero-order valence-corrected chi connectivity index (χ0v) is 15.3. The van der Waals surface area contributed by atoms with E-state index in [4.69, 9.17) is 9.90 Å². The molecule has 0 amide bonds. The molecule has 1 unspecified atom stereocenters. The monoisotopic (exact) mass is 405 g/mol. The molecule has 1 aliphatic rings. The molecule has 2 N–H and O–H groups in total. The number of halogens is 3. The van der Waals surface area contributed by atoms with Crippen LogP contribution in [-0.2, 0) is 29.7 Å². The van der Waals surface area contributed by atoms with Gasteiger partial charge in [-0.1, -0.05) is 0 Å². The van der Waals surface area contributed by atoms with Gasteiger partial charge in [-0.3, -0.25) is 9.69 Å². The number of carboxylic acid groups (broad SMARTS) is 2. The number of aryl methyl sites for hydroxylation is 2. The molecule has 0 aliphatic carbocycles. The second-order valence-electron chi connectivity index (χ2n) is 6.06.